The van der Waals surface area contributed by atoms with Crippen LogP contribution in [0.1, 0.15) is 62.6 Å². The van der Waals surface area contributed by atoms with Gasteiger partial charge in [-0.2, -0.15) is 0 Å². The van der Waals surface area contributed by atoms with Crippen molar-refractivity contribution in [2.24, 2.45) is 0 Å². The van der Waals surface area contributed by atoms with Crippen LogP contribution in [-0.4, -0.2) is 12.6 Å². The first-order valence-electron chi connectivity index (χ1n) is 9.97. The van der Waals surface area contributed by atoms with Crippen LogP contribution in [0, 0.1) is 0 Å². The topological polar surface area (TPSA) is 44.8 Å². The highest BCUT2D eigenvalue weighted by Crippen LogP contribution is 2.46. The molecule has 0 spiro atoms. The predicted molar refractivity (Wildman–Crippen MR) is 111 cm³/mol. The van der Waals surface area contributed by atoms with E-state index in [1.54, 1.807) is 13.0 Å². The van der Waals surface area contributed by atoms with Gasteiger partial charge in [-0.05, 0) is 61.4 Å². The lowest BCUT2D eigenvalue weighted by molar-refractivity contribution is -0.134. The molecule has 1 saturated carbocycles. The van der Waals surface area contributed by atoms with Crippen LogP contribution in [0.4, 0.5) is 0 Å². The Bertz CT molecular complexity index is 843. The number of benzene rings is 2. The van der Waals surface area contributed by atoms with Crippen molar-refractivity contribution in [3.8, 4) is 17.2 Å². The summed E-state index contributed by atoms with van der Waals surface area (Å²) in [5, 5.41) is 0.720. The molecule has 0 bridgehead atoms. The summed E-state index contributed by atoms with van der Waals surface area (Å²) >= 11 is 6.43. The smallest absolute Gasteiger partial charge is 0.310 e. The molecule has 0 aliphatic heterocycles. The summed E-state index contributed by atoms with van der Waals surface area (Å²) < 4.78 is 17.4. The molecule has 5 heteroatoms. The van der Waals surface area contributed by atoms with Crippen molar-refractivity contribution in [2.45, 2.75) is 59.0 Å². The summed E-state index contributed by atoms with van der Waals surface area (Å²) in [6, 6.07) is 9.52. The molecule has 1 fully saturated rings. The molecule has 0 saturated heterocycles. The molecule has 0 unspecified atom stereocenters. The first-order chi connectivity index (χ1) is 13.6. The second-order valence-corrected chi connectivity index (χ2v) is 7.30. The number of ether oxygens (including phenoxy) is 3. The molecule has 0 atom stereocenters. The van der Waals surface area contributed by atoms with Crippen molar-refractivity contribution in [2.75, 3.05) is 6.61 Å². The van der Waals surface area contributed by atoms with E-state index in [1.165, 1.54) is 18.4 Å². The van der Waals surface area contributed by atoms with Crippen LogP contribution >= 0.6 is 11.6 Å². The van der Waals surface area contributed by atoms with Crippen molar-refractivity contribution >= 4 is 17.6 Å². The molecule has 0 radical (unpaired) electrons. The third-order valence-electron chi connectivity index (χ3n) is 4.85. The van der Waals surface area contributed by atoms with E-state index in [9.17, 15) is 4.79 Å². The largest absolute Gasteiger partial charge is 0.493 e. The number of hydrogen-bond donors (Lipinski definition) is 0. The highest BCUT2D eigenvalue weighted by Gasteiger charge is 2.28. The SMILES string of the molecule is CCOc1cccc(OC(=O)CC)c1COc1cc(Cl)c(CC)cc1C1CC1. The van der Waals surface area contributed by atoms with Crippen molar-refractivity contribution < 1.29 is 19.0 Å². The summed E-state index contributed by atoms with van der Waals surface area (Å²) in [6.45, 7) is 6.55. The summed E-state index contributed by atoms with van der Waals surface area (Å²) in [5.41, 5.74) is 3.08. The summed E-state index contributed by atoms with van der Waals surface area (Å²) in [5.74, 6) is 2.18. The molecule has 4 nitrogen and oxygen atoms in total. The number of hydrogen-bond acceptors (Lipinski definition) is 4. The Morgan fingerprint density at radius 3 is 2.46 bits per heavy atom. The Kier molecular flexibility index (Phi) is 6.84. The van der Waals surface area contributed by atoms with Gasteiger partial charge >= 0.3 is 5.97 Å². The molecule has 0 amide bonds. The first-order valence-corrected chi connectivity index (χ1v) is 10.4. The molecule has 1 aliphatic rings. The van der Waals surface area contributed by atoms with Gasteiger partial charge in [0.15, 0.2) is 0 Å². The molecule has 2 aromatic carbocycles. The van der Waals surface area contributed by atoms with Gasteiger partial charge in [-0.1, -0.05) is 37.6 Å². The Hall–Kier alpha value is -2.20. The second kappa shape index (κ2) is 9.33. The van der Waals surface area contributed by atoms with Gasteiger partial charge in [-0.15, -0.1) is 0 Å². The van der Waals surface area contributed by atoms with Gasteiger partial charge in [0.25, 0.3) is 0 Å². The van der Waals surface area contributed by atoms with E-state index in [1.807, 2.05) is 25.1 Å². The second-order valence-electron chi connectivity index (χ2n) is 6.89. The van der Waals surface area contributed by atoms with E-state index >= 15 is 0 Å². The Morgan fingerprint density at radius 2 is 1.82 bits per heavy atom. The molecule has 150 valence electrons. The monoisotopic (exact) mass is 402 g/mol. The maximum atomic E-state index is 11.8. The van der Waals surface area contributed by atoms with E-state index in [4.69, 9.17) is 25.8 Å². The number of carbonyl (C=O) groups excluding carboxylic acids is 1. The van der Waals surface area contributed by atoms with Crippen LogP contribution in [0.15, 0.2) is 30.3 Å². The van der Waals surface area contributed by atoms with E-state index in [-0.39, 0.29) is 12.6 Å². The number of rotatable bonds is 9. The van der Waals surface area contributed by atoms with Crippen LogP contribution in [0.25, 0.3) is 0 Å². The molecular formula is C23H27ClO4. The van der Waals surface area contributed by atoms with Gasteiger partial charge in [-0.3, -0.25) is 4.79 Å². The Morgan fingerprint density at radius 1 is 1.07 bits per heavy atom. The normalized spacial score (nSPS) is 13.3. The van der Waals surface area contributed by atoms with Crippen molar-refractivity contribution in [3.05, 3.63) is 52.0 Å². The van der Waals surface area contributed by atoms with Gasteiger partial charge in [-0.25, -0.2) is 0 Å². The van der Waals surface area contributed by atoms with Gasteiger partial charge < -0.3 is 14.2 Å². The zero-order chi connectivity index (χ0) is 20.1. The highest BCUT2D eigenvalue weighted by molar-refractivity contribution is 6.31. The number of carbonyl (C=O) groups is 1. The van der Waals surface area contributed by atoms with Crippen LogP contribution in [0.3, 0.4) is 0 Å². The molecule has 1 aliphatic carbocycles. The molecule has 28 heavy (non-hydrogen) atoms. The average molecular weight is 403 g/mol. The van der Waals surface area contributed by atoms with Crippen molar-refractivity contribution in [1.29, 1.82) is 0 Å². The molecular weight excluding hydrogens is 376 g/mol. The number of esters is 1. The van der Waals surface area contributed by atoms with E-state index < -0.39 is 0 Å². The predicted octanol–water partition coefficient (Wildman–Crippen LogP) is 6.07. The minimum Gasteiger partial charge on any atom is -0.493 e. The average Bonchev–Trinajstić information content (AvgIpc) is 3.53. The van der Waals surface area contributed by atoms with Gasteiger partial charge in [0.05, 0.1) is 12.2 Å². The fourth-order valence-corrected chi connectivity index (χ4v) is 3.43. The quantitative estimate of drug-likeness (QED) is 0.377. The van der Waals surface area contributed by atoms with E-state index in [2.05, 4.69) is 13.0 Å². The standard InChI is InChI=1S/C23H27ClO4/c1-4-15-12-17(16-10-11-16)22(13-19(15)24)27-14-18-20(26-6-3)8-7-9-21(18)28-23(25)5-2/h7-9,12-13,16H,4-6,10-11,14H2,1-3H3. The van der Waals surface area contributed by atoms with Crippen LogP contribution < -0.4 is 14.2 Å². The molecule has 0 heterocycles. The van der Waals surface area contributed by atoms with Crippen LogP contribution in [0.5, 0.6) is 17.2 Å². The van der Waals surface area contributed by atoms with Crippen molar-refractivity contribution in [1.82, 2.24) is 0 Å². The zero-order valence-electron chi connectivity index (χ0n) is 16.7. The van der Waals surface area contributed by atoms with Gasteiger partial charge in [0, 0.05) is 11.4 Å². The zero-order valence-corrected chi connectivity index (χ0v) is 17.5. The third kappa shape index (κ3) is 4.79. The van der Waals surface area contributed by atoms with Gasteiger partial charge in [0.2, 0.25) is 0 Å². The molecule has 3 rings (SSSR count). The lowest BCUT2D eigenvalue weighted by atomic mass is 10.0. The highest BCUT2D eigenvalue weighted by atomic mass is 35.5. The lowest BCUT2D eigenvalue weighted by Gasteiger charge is -2.18. The third-order valence-corrected chi connectivity index (χ3v) is 5.20. The number of halogens is 1. The summed E-state index contributed by atoms with van der Waals surface area (Å²) in [6.07, 6.45) is 3.55. The van der Waals surface area contributed by atoms with Gasteiger partial charge in [0.1, 0.15) is 23.9 Å². The number of aryl methyl sites for hydroxylation is 1. The fourth-order valence-electron chi connectivity index (χ4n) is 3.15. The van der Waals surface area contributed by atoms with Crippen LogP contribution in [-0.2, 0) is 17.8 Å². The minimum absolute atomic E-state index is 0.240. The lowest BCUT2D eigenvalue weighted by Crippen LogP contribution is -2.10. The Balaban J connectivity index is 1.89. The van der Waals surface area contributed by atoms with Crippen LogP contribution in [0.2, 0.25) is 5.02 Å². The summed E-state index contributed by atoms with van der Waals surface area (Å²) in [4.78, 5) is 11.8. The van der Waals surface area contributed by atoms with E-state index in [0.717, 1.165) is 28.3 Å². The first kappa shape index (κ1) is 20.5. The minimum atomic E-state index is -0.288. The molecule has 2 aromatic rings. The maximum absolute atomic E-state index is 11.8. The molecule has 0 N–H and O–H groups in total. The molecule has 0 aromatic heterocycles. The van der Waals surface area contributed by atoms with E-state index in [0.29, 0.717) is 30.4 Å². The summed E-state index contributed by atoms with van der Waals surface area (Å²) in [7, 11) is 0. The fraction of sp³-hybridized carbons (Fsp3) is 0.435. The maximum Gasteiger partial charge on any atom is 0.310 e. The Labute approximate surface area is 171 Å². The van der Waals surface area contributed by atoms with Crippen molar-refractivity contribution in [3.63, 3.8) is 0 Å².